The fourth-order valence-electron chi connectivity index (χ4n) is 2.00. The summed E-state index contributed by atoms with van der Waals surface area (Å²) in [7, 11) is -2.87. The molecule has 0 aromatic rings. The van der Waals surface area contributed by atoms with Gasteiger partial charge in [0.15, 0.2) is 9.84 Å². The van der Waals surface area contributed by atoms with Gasteiger partial charge < -0.3 is 10.0 Å². The molecule has 0 radical (unpaired) electrons. The first-order chi connectivity index (χ1) is 8.98. The Labute approximate surface area is 119 Å². The van der Waals surface area contributed by atoms with Crippen molar-refractivity contribution in [2.45, 2.75) is 31.4 Å². The molecular formula is C12H23NO4S2. The van der Waals surface area contributed by atoms with Gasteiger partial charge in [0.25, 0.3) is 0 Å². The van der Waals surface area contributed by atoms with E-state index in [0.717, 1.165) is 12.8 Å². The van der Waals surface area contributed by atoms with Gasteiger partial charge in [0, 0.05) is 18.3 Å². The molecule has 112 valence electrons. The Balaban J connectivity index is 2.35. The molecule has 1 saturated heterocycles. The number of aliphatic hydroxyl groups is 1. The molecular weight excluding hydrogens is 286 g/mol. The van der Waals surface area contributed by atoms with E-state index in [4.69, 9.17) is 5.11 Å². The maximum atomic E-state index is 12.0. The van der Waals surface area contributed by atoms with Crippen LogP contribution in [0.1, 0.15) is 26.2 Å². The van der Waals surface area contributed by atoms with E-state index in [0.29, 0.717) is 25.3 Å². The average molecular weight is 309 g/mol. The number of carbonyl (C=O) groups is 1. The third-order valence-electron chi connectivity index (χ3n) is 3.14. The molecule has 1 fully saturated rings. The molecule has 1 amide bonds. The molecule has 0 aliphatic carbocycles. The minimum atomic E-state index is -2.87. The van der Waals surface area contributed by atoms with Gasteiger partial charge in [-0.3, -0.25) is 4.79 Å². The summed E-state index contributed by atoms with van der Waals surface area (Å²) in [5, 5.41) is 9.01. The first kappa shape index (κ1) is 16.8. The molecule has 7 heteroatoms. The van der Waals surface area contributed by atoms with Crippen molar-refractivity contribution in [2.75, 3.05) is 37.0 Å². The first-order valence-electron chi connectivity index (χ1n) is 6.69. The third kappa shape index (κ3) is 6.14. The summed E-state index contributed by atoms with van der Waals surface area (Å²) in [5.41, 5.74) is 0. The van der Waals surface area contributed by atoms with E-state index >= 15 is 0 Å². The largest absolute Gasteiger partial charge is 0.395 e. The van der Waals surface area contributed by atoms with Gasteiger partial charge in [-0.05, 0) is 12.8 Å². The van der Waals surface area contributed by atoms with Crippen LogP contribution in [-0.2, 0) is 14.6 Å². The Kier molecular flexibility index (Phi) is 7.17. The van der Waals surface area contributed by atoms with Gasteiger partial charge in [0.2, 0.25) is 5.91 Å². The van der Waals surface area contributed by atoms with Gasteiger partial charge in [-0.25, -0.2) is 8.42 Å². The predicted octanol–water partition coefficient (Wildman–Crippen LogP) is 0.528. The van der Waals surface area contributed by atoms with E-state index in [-0.39, 0.29) is 29.3 Å². The topological polar surface area (TPSA) is 74.7 Å². The quantitative estimate of drug-likeness (QED) is 0.708. The fourth-order valence-corrected chi connectivity index (χ4v) is 5.55. The van der Waals surface area contributed by atoms with Gasteiger partial charge >= 0.3 is 0 Å². The van der Waals surface area contributed by atoms with Crippen molar-refractivity contribution in [3.8, 4) is 0 Å². The lowest BCUT2D eigenvalue weighted by atomic mass is 10.3. The predicted molar refractivity (Wildman–Crippen MR) is 78.1 cm³/mol. The number of hydrogen-bond acceptors (Lipinski definition) is 5. The lowest BCUT2D eigenvalue weighted by molar-refractivity contribution is -0.128. The zero-order chi connectivity index (χ0) is 14.3. The summed E-state index contributed by atoms with van der Waals surface area (Å²) < 4.78 is 22.6. The second-order valence-electron chi connectivity index (χ2n) is 4.79. The van der Waals surface area contributed by atoms with Crippen LogP contribution in [0.15, 0.2) is 0 Å². The maximum absolute atomic E-state index is 12.0. The standard InChI is InChI=1S/C12H23NO4S2/c1-2-3-5-13(6-7-14)12(15)9-18-11-4-8-19(16,17)10-11/h11,14H,2-10H2,1H3. The average Bonchev–Trinajstić information content (AvgIpc) is 2.71. The molecule has 0 aromatic carbocycles. The number of rotatable bonds is 8. The maximum Gasteiger partial charge on any atom is 0.232 e. The molecule has 5 nitrogen and oxygen atoms in total. The second kappa shape index (κ2) is 8.11. The molecule has 0 saturated carbocycles. The molecule has 1 aliphatic heterocycles. The lowest BCUT2D eigenvalue weighted by Crippen LogP contribution is -2.36. The van der Waals surface area contributed by atoms with Crippen LogP contribution in [0.3, 0.4) is 0 Å². The summed E-state index contributed by atoms with van der Waals surface area (Å²) in [6.07, 6.45) is 2.58. The fraction of sp³-hybridized carbons (Fsp3) is 0.917. The summed E-state index contributed by atoms with van der Waals surface area (Å²) in [5.74, 6) is 0.746. The van der Waals surface area contributed by atoms with E-state index in [2.05, 4.69) is 6.92 Å². The number of aliphatic hydroxyl groups excluding tert-OH is 1. The number of hydrogen-bond donors (Lipinski definition) is 1. The van der Waals surface area contributed by atoms with Crippen LogP contribution in [0.4, 0.5) is 0 Å². The van der Waals surface area contributed by atoms with Gasteiger partial charge in [0.1, 0.15) is 0 Å². The van der Waals surface area contributed by atoms with Gasteiger partial charge in [-0.1, -0.05) is 13.3 Å². The molecule has 19 heavy (non-hydrogen) atoms. The van der Waals surface area contributed by atoms with Crippen molar-refractivity contribution >= 4 is 27.5 Å². The molecule has 1 rings (SSSR count). The zero-order valence-electron chi connectivity index (χ0n) is 11.4. The Morgan fingerprint density at radius 3 is 2.68 bits per heavy atom. The van der Waals surface area contributed by atoms with Crippen molar-refractivity contribution in [3.05, 3.63) is 0 Å². The van der Waals surface area contributed by atoms with E-state index in [1.165, 1.54) is 11.8 Å². The normalized spacial score (nSPS) is 21.5. The number of unbranched alkanes of at least 4 members (excludes halogenated alkanes) is 1. The van der Waals surface area contributed by atoms with Crippen LogP contribution >= 0.6 is 11.8 Å². The van der Waals surface area contributed by atoms with Crippen LogP contribution in [0, 0.1) is 0 Å². The summed E-state index contributed by atoms with van der Waals surface area (Å²) in [6, 6.07) is 0. The smallest absolute Gasteiger partial charge is 0.232 e. The third-order valence-corrected chi connectivity index (χ3v) is 6.40. The van der Waals surface area contributed by atoms with Crippen LogP contribution < -0.4 is 0 Å². The van der Waals surface area contributed by atoms with Gasteiger partial charge in [0.05, 0.1) is 23.9 Å². The van der Waals surface area contributed by atoms with Crippen molar-refractivity contribution in [1.82, 2.24) is 4.90 Å². The Bertz CT molecular complexity index is 383. The van der Waals surface area contributed by atoms with Crippen LogP contribution in [0.5, 0.6) is 0 Å². The molecule has 1 heterocycles. The number of amides is 1. The van der Waals surface area contributed by atoms with Gasteiger partial charge in [-0.15, -0.1) is 11.8 Å². The number of carbonyl (C=O) groups excluding carboxylic acids is 1. The number of thioether (sulfide) groups is 1. The Morgan fingerprint density at radius 1 is 1.42 bits per heavy atom. The molecule has 0 bridgehead atoms. The van der Waals surface area contributed by atoms with Crippen LogP contribution in [0.25, 0.3) is 0 Å². The molecule has 0 spiro atoms. The summed E-state index contributed by atoms with van der Waals surface area (Å²) >= 11 is 1.43. The Morgan fingerprint density at radius 2 is 2.16 bits per heavy atom. The van der Waals surface area contributed by atoms with E-state index in [1.54, 1.807) is 4.90 Å². The van der Waals surface area contributed by atoms with Crippen molar-refractivity contribution in [1.29, 1.82) is 0 Å². The highest BCUT2D eigenvalue weighted by Gasteiger charge is 2.29. The Hall–Kier alpha value is -0.270. The second-order valence-corrected chi connectivity index (χ2v) is 8.31. The minimum absolute atomic E-state index is 0.00296. The first-order valence-corrected chi connectivity index (χ1v) is 9.56. The highest BCUT2D eigenvalue weighted by atomic mass is 32.2. The van der Waals surface area contributed by atoms with Crippen molar-refractivity contribution in [2.24, 2.45) is 0 Å². The highest BCUT2D eigenvalue weighted by molar-refractivity contribution is 8.02. The summed E-state index contributed by atoms with van der Waals surface area (Å²) in [6.45, 7) is 3.06. The van der Waals surface area contributed by atoms with Crippen LogP contribution in [-0.4, -0.2) is 66.5 Å². The van der Waals surface area contributed by atoms with Gasteiger partial charge in [-0.2, -0.15) is 0 Å². The lowest BCUT2D eigenvalue weighted by Gasteiger charge is -2.22. The van der Waals surface area contributed by atoms with E-state index in [1.807, 2.05) is 0 Å². The van der Waals surface area contributed by atoms with Crippen molar-refractivity contribution < 1.29 is 18.3 Å². The number of nitrogens with zero attached hydrogens (tertiary/aromatic N) is 1. The zero-order valence-corrected chi connectivity index (χ0v) is 13.0. The molecule has 1 N–H and O–H groups in total. The van der Waals surface area contributed by atoms with Crippen molar-refractivity contribution in [3.63, 3.8) is 0 Å². The summed E-state index contributed by atoms with van der Waals surface area (Å²) in [4.78, 5) is 13.7. The highest BCUT2D eigenvalue weighted by Crippen LogP contribution is 2.24. The SMILES string of the molecule is CCCCN(CCO)C(=O)CSC1CCS(=O)(=O)C1. The van der Waals surface area contributed by atoms with E-state index < -0.39 is 9.84 Å². The minimum Gasteiger partial charge on any atom is -0.395 e. The number of sulfone groups is 1. The molecule has 1 aliphatic rings. The molecule has 1 atom stereocenters. The molecule has 0 aromatic heterocycles. The van der Waals surface area contributed by atoms with E-state index in [9.17, 15) is 13.2 Å². The monoisotopic (exact) mass is 309 g/mol. The molecule has 1 unspecified atom stereocenters. The van der Waals surface area contributed by atoms with Crippen LogP contribution in [0.2, 0.25) is 0 Å².